The van der Waals surface area contributed by atoms with Crippen LogP contribution in [-0.4, -0.2) is 56.8 Å². The Labute approximate surface area is 121 Å². The molecule has 116 valence electrons. The third-order valence-corrected chi connectivity index (χ3v) is 4.72. The Morgan fingerprint density at radius 1 is 1.35 bits per heavy atom. The van der Waals surface area contributed by atoms with Gasteiger partial charge in [0.1, 0.15) is 4.90 Å². The summed E-state index contributed by atoms with van der Waals surface area (Å²) in [5.41, 5.74) is 6.66. The number of aryl methyl sites for hydroxylation is 2. The average molecular weight is 303 g/mol. The minimum absolute atomic E-state index is 0.285. The molecule has 0 saturated carbocycles. The van der Waals surface area contributed by atoms with Crippen LogP contribution in [-0.2, 0) is 16.6 Å². The third kappa shape index (κ3) is 4.27. The van der Waals surface area contributed by atoms with E-state index in [0.29, 0.717) is 37.6 Å². The van der Waals surface area contributed by atoms with E-state index in [4.69, 9.17) is 5.73 Å². The molecule has 1 heterocycles. The highest BCUT2D eigenvalue weighted by Gasteiger charge is 2.23. The van der Waals surface area contributed by atoms with Crippen LogP contribution in [0, 0.1) is 13.8 Å². The molecule has 0 aliphatic carbocycles. The predicted molar refractivity (Wildman–Crippen MR) is 79.1 cm³/mol. The highest BCUT2D eigenvalue weighted by molar-refractivity contribution is 7.89. The fraction of sp³-hybridized carbons (Fsp3) is 0.750. The van der Waals surface area contributed by atoms with Crippen LogP contribution in [0.15, 0.2) is 4.90 Å². The molecule has 0 radical (unpaired) electrons. The van der Waals surface area contributed by atoms with Crippen LogP contribution >= 0.6 is 0 Å². The molecule has 0 saturated heterocycles. The number of hydrogen-bond acceptors (Lipinski definition) is 5. The van der Waals surface area contributed by atoms with Gasteiger partial charge < -0.3 is 10.6 Å². The van der Waals surface area contributed by atoms with Crippen molar-refractivity contribution in [1.29, 1.82) is 0 Å². The minimum atomic E-state index is -3.51. The van der Waals surface area contributed by atoms with Gasteiger partial charge in [-0.15, -0.1) is 0 Å². The number of aromatic nitrogens is 2. The molecule has 1 aromatic heterocycles. The lowest BCUT2D eigenvalue weighted by atomic mass is 10.4. The first-order chi connectivity index (χ1) is 9.29. The van der Waals surface area contributed by atoms with Gasteiger partial charge in [0.05, 0.1) is 11.4 Å². The zero-order chi connectivity index (χ0) is 15.3. The highest BCUT2D eigenvalue weighted by atomic mass is 32.2. The zero-order valence-electron chi connectivity index (χ0n) is 12.7. The molecular formula is C12H25N5O2S. The molecule has 3 N–H and O–H groups in total. The molecule has 7 nitrogen and oxygen atoms in total. The summed E-state index contributed by atoms with van der Waals surface area (Å²) in [4.78, 5) is 2.21. The van der Waals surface area contributed by atoms with Crippen molar-refractivity contribution in [3.63, 3.8) is 0 Å². The Morgan fingerprint density at radius 3 is 2.55 bits per heavy atom. The number of nitrogens with two attached hydrogens (primary N) is 1. The number of sulfonamides is 1. The fourth-order valence-electron chi connectivity index (χ4n) is 2.00. The van der Waals surface area contributed by atoms with E-state index in [2.05, 4.69) is 9.82 Å². The van der Waals surface area contributed by atoms with Crippen LogP contribution in [0.1, 0.15) is 17.8 Å². The first kappa shape index (κ1) is 17.1. The number of hydrogen-bond donors (Lipinski definition) is 2. The summed E-state index contributed by atoms with van der Waals surface area (Å²) in [6.07, 6.45) is 0.773. The Hall–Kier alpha value is -0.960. The Balaban J connectivity index is 2.91. The van der Waals surface area contributed by atoms with Crippen molar-refractivity contribution in [2.45, 2.75) is 31.7 Å². The standard InChI is InChI=1S/C12H25N5O2S/c1-10-12(11(2)17(15-10)8-5-6-13)20(18,19)14-7-9-16(3)4/h14H,5-9,13H2,1-4H3. The summed E-state index contributed by atoms with van der Waals surface area (Å²) < 4.78 is 29.0. The quantitative estimate of drug-likeness (QED) is 0.687. The van der Waals surface area contributed by atoms with Crippen molar-refractivity contribution < 1.29 is 8.42 Å². The van der Waals surface area contributed by atoms with E-state index in [1.54, 1.807) is 18.5 Å². The van der Waals surface area contributed by atoms with Crippen molar-refractivity contribution in [3.8, 4) is 0 Å². The van der Waals surface area contributed by atoms with E-state index in [9.17, 15) is 8.42 Å². The van der Waals surface area contributed by atoms with Gasteiger partial charge >= 0.3 is 0 Å². The lowest BCUT2D eigenvalue weighted by Crippen LogP contribution is -2.32. The maximum Gasteiger partial charge on any atom is 0.244 e. The summed E-state index contributed by atoms with van der Waals surface area (Å²) in [6.45, 7) is 5.71. The minimum Gasteiger partial charge on any atom is -0.330 e. The Morgan fingerprint density at radius 2 is 2.00 bits per heavy atom. The average Bonchev–Trinajstić information content (AvgIpc) is 2.61. The SMILES string of the molecule is Cc1nn(CCCN)c(C)c1S(=O)(=O)NCCN(C)C. The Kier molecular flexibility index (Phi) is 6.12. The second kappa shape index (κ2) is 7.16. The predicted octanol–water partition coefficient (Wildman–Crippen LogP) is -0.311. The molecule has 0 aromatic carbocycles. The van der Waals surface area contributed by atoms with Crippen molar-refractivity contribution in [3.05, 3.63) is 11.4 Å². The number of rotatable bonds is 8. The van der Waals surface area contributed by atoms with Crippen LogP contribution in [0.5, 0.6) is 0 Å². The molecule has 0 aliphatic rings. The molecule has 1 aromatic rings. The monoisotopic (exact) mass is 303 g/mol. The number of likely N-dealkylation sites (N-methyl/N-ethyl adjacent to an activating group) is 1. The molecule has 1 rings (SSSR count). The van der Waals surface area contributed by atoms with Crippen LogP contribution in [0.4, 0.5) is 0 Å². The molecule has 8 heteroatoms. The molecule has 0 fully saturated rings. The second-order valence-electron chi connectivity index (χ2n) is 5.07. The van der Waals surface area contributed by atoms with Gasteiger partial charge in [0.15, 0.2) is 0 Å². The molecule has 0 unspecified atom stereocenters. The normalized spacial score (nSPS) is 12.3. The van der Waals surface area contributed by atoms with Crippen molar-refractivity contribution in [1.82, 2.24) is 19.4 Å². The van der Waals surface area contributed by atoms with Gasteiger partial charge in [-0.2, -0.15) is 5.10 Å². The van der Waals surface area contributed by atoms with E-state index in [1.807, 2.05) is 19.0 Å². The lowest BCUT2D eigenvalue weighted by molar-refractivity contribution is 0.412. The largest absolute Gasteiger partial charge is 0.330 e. The van der Waals surface area contributed by atoms with Crippen LogP contribution in [0.2, 0.25) is 0 Å². The molecule has 0 atom stereocenters. The fourth-order valence-corrected chi connectivity index (χ4v) is 3.43. The second-order valence-corrected chi connectivity index (χ2v) is 6.77. The number of nitrogens with one attached hydrogen (secondary N) is 1. The van der Waals surface area contributed by atoms with E-state index >= 15 is 0 Å². The smallest absolute Gasteiger partial charge is 0.244 e. The van der Waals surface area contributed by atoms with Gasteiger partial charge in [-0.25, -0.2) is 13.1 Å². The number of nitrogens with zero attached hydrogens (tertiary/aromatic N) is 3. The van der Waals surface area contributed by atoms with Gasteiger partial charge in [-0.3, -0.25) is 4.68 Å². The van der Waals surface area contributed by atoms with E-state index in [0.717, 1.165) is 6.42 Å². The van der Waals surface area contributed by atoms with Gasteiger partial charge in [-0.05, 0) is 40.9 Å². The van der Waals surface area contributed by atoms with E-state index in [1.165, 1.54) is 0 Å². The summed E-state index contributed by atoms with van der Waals surface area (Å²) in [5.74, 6) is 0. The first-order valence-electron chi connectivity index (χ1n) is 6.68. The van der Waals surface area contributed by atoms with Gasteiger partial charge in [0, 0.05) is 19.6 Å². The van der Waals surface area contributed by atoms with Crippen LogP contribution < -0.4 is 10.5 Å². The van der Waals surface area contributed by atoms with E-state index in [-0.39, 0.29) is 4.90 Å². The third-order valence-electron chi connectivity index (χ3n) is 3.01. The summed E-state index contributed by atoms with van der Waals surface area (Å²) in [5, 5.41) is 4.29. The topological polar surface area (TPSA) is 93.2 Å². The molecule has 20 heavy (non-hydrogen) atoms. The van der Waals surface area contributed by atoms with Crippen molar-refractivity contribution >= 4 is 10.0 Å². The molecule has 0 spiro atoms. The van der Waals surface area contributed by atoms with Crippen molar-refractivity contribution in [2.24, 2.45) is 5.73 Å². The van der Waals surface area contributed by atoms with Gasteiger partial charge in [0.2, 0.25) is 10.0 Å². The first-order valence-corrected chi connectivity index (χ1v) is 8.16. The molecule has 0 amide bonds. The van der Waals surface area contributed by atoms with Crippen molar-refractivity contribution in [2.75, 3.05) is 33.7 Å². The highest BCUT2D eigenvalue weighted by Crippen LogP contribution is 2.19. The molecule has 0 aliphatic heterocycles. The maximum absolute atomic E-state index is 12.3. The van der Waals surface area contributed by atoms with Gasteiger partial charge in [-0.1, -0.05) is 0 Å². The zero-order valence-corrected chi connectivity index (χ0v) is 13.5. The van der Waals surface area contributed by atoms with E-state index < -0.39 is 10.0 Å². The maximum atomic E-state index is 12.3. The summed E-state index contributed by atoms with van der Waals surface area (Å²) in [6, 6.07) is 0. The molecular weight excluding hydrogens is 278 g/mol. The molecule has 0 bridgehead atoms. The summed E-state index contributed by atoms with van der Waals surface area (Å²) in [7, 11) is 0.284. The lowest BCUT2D eigenvalue weighted by Gasteiger charge is -2.11. The van der Waals surface area contributed by atoms with Crippen LogP contribution in [0.25, 0.3) is 0 Å². The van der Waals surface area contributed by atoms with Crippen LogP contribution in [0.3, 0.4) is 0 Å². The Bertz CT molecular complexity index is 536. The summed E-state index contributed by atoms with van der Waals surface area (Å²) >= 11 is 0. The van der Waals surface area contributed by atoms with Gasteiger partial charge in [0.25, 0.3) is 0 Å².